The third kappa shape index (κ3) is 5.06. The van der Waals surface area contributed by atoms with Gasteiger partial charge < -0.3 is 5.32 Å². The van der Waals surface area contributed by atoms with Crippen molar-refractivity contribution in [1.82, 2.24) is 9.55 Å². The van der Waals surface area contributed by atoms with Crippen LogP contribution in [0.25, 0.3) is 10.2 Å². The summed E-state index contributed by atoms with van der Waals surface area (Å²) in [7, 11) is 0. The third-order valence-electron chi connectivity index (χ3n) is 4.88. The molecule has 0 aliphatic carbocycles. The number of amides is 1. The van der Waals surface area contributed by atoms with Crippen molar-refractivity contribution < 1.29 is 4.79 Å². The maximum Gasteiger partial charge on any atom is 0.272 e. The number of fused-ring (bicyclic) bond motifs is 1. The lowest BCUT2D eigenvalue weighted by Crippen LogP contribution is -2.24. The maximum absolute atomic E-state index is 13.1. The van der Waals surface area contributed by atoms with Crippen LogP contribution in [0.4, 0.5) is 5.69 Å². The SMILES string of the molecule is CC(C)c1cccc(NC(=O)CSc2nc3ccsc3c(=O)n2Cc2ccccc2)c1. The molecule has 7 heteroatoms. The van der Waals surface area contributed by atoms with Gasteiger partial charge >= 0.3 is 0 Å². The number of anilines is 1. The fourth-order valence-corrected chi connectivity index (χ4v) is 4.82. The summed E-state index contributed by atoms with van der Waals surface area (Å²) in [6.45, 7) is 4.66. The molecule has 4 aromatic rings. The van der Waals surface area contributed by atoms with Crippen molar-refractivity contribution in [3.63, 3.8) is 0 Å². The number of hydrogen-bond donors (Lipinski definition) is 1. The summed E-state index contributed by atoms with van der Waals surface area (Å²) in [6, 6.07) is 19.5. The zero-order valence-corrected chi connectivity index (χ0v) is 19.0. The van der Waals surface area contributed by atoms with Crippen LogP contribution in [0.2, 0.25) is 0 Å². The van der Waals surface area contributed by atoms with E-state index >= 15 is 0 Å². The molecule has 0 aliphatic rings. The van der Waals surface area contributed by atoms with E-state index in [1.54, 1.807) is 4.57 Å². The summed E-state index contributed by atoms with van der Waals surface area (Å²) in [4.78, 5) is 30.3. The van der Waals surface area contributed by atoms with Gasteiger partial charge in [-0.25, -0.2) is 4.98 Å². The largest absolute Gasteiger partial charge is 0.325 e. The van der Waals surface area contributed by atoms with E-state index < -0.39 is 0 Å². The molecule has 0 radical (unpaired) electrons. The smallest absolute Gasteiger partial charge is 0.272 e. The minimum absolute atomic E-state index is 0.0728. The fraction of sp³-hybridized carbons (Fsp3) is 0.208. The first-order valence-electron chi connectivity index (χ1n) is 10.1. The Morgan fingerprint density at radius 1 is 1.13 bits per heavy atom. The number of hydrogen-bond acceptors (Lipinski definition) is 5. The molecule has 0 bridgehead atoms. The summed E-state index contributed by atoms with van der Waals surface area (Å²) >= 11 is 2.67. The van der Waals surface area contributed by atoms with Crippen LogP contribution in [0.1, 0.15) is 30.9 Å². The van der Waals surface area contributed by atoms with Crippen LogP contribution < -0.4 is 10.9 Å². The molecule has 2 aromatic heterocycles. The van der Waals surface area contributed by atoms with Crippen molar-refractivity contribution in [2.24, 2.45) is 0 Å². The summed E-state index contributed by atoms with van der Waals surface area (Å²) in [6.07, 6.45) is 0. The zero-order valence-electron chi connectivity index (χ0n) is 17.4. The molecule has 1 N–H and O–H groups in total. The maximum atomic E-state index is 13.1. The number of thioether (sulfide) groups is 1. The molecule has 158 valence electrons. The summed E-state index contributed by atoms with van der Waals surface area (Å²) in [5, 5.41) is 5.37. The Morgan fingerprint density at radius 2 is 1.94 bits per heavy atom. The fourth-order valence-electron chi connectivity index (χ4n) is 3.24. The molecule has 2 aromatic carbocycles. The Hall–Kier alpha value is -2.90. The predicted molar refractivity (Wildman–Crippen MR) is 129 cm³/mol. The number of rotatable bonds is 7. The van der Waals surface area contributed by atoms with E-state index in [0.717, 1.165) is 11.3 Å². The van der Waals surface area contributed by atoms with Crippen molar-refractivity contribution in [3.8, 4) is 0 Å². The molecule has 0 spiro atoms. The van der Waals surface area contributed by atoms with E-state index in [2.05, 4.69) is 30.2 Å². The quantitative estimate of drug-likeness (QED) is 0.305. The average Bonchev–Trinajstić information content (AvgIpc) is 3.24. The molecule has 0 atom stereocenters. The summed E-state index contributed by atoms with van der Waals surface area (Å²) in [5.41, 5.74) is 3.56. The minimum atomic E-state index is -0.128. The lowest BCUT2D eigenvalue weighted by Gasteiger charge is -2.13. The van der Waals surface area contributed by atoms with Crippen LogP contribution in [0.5, 0.6) is 0 Å². The number of benzene rings is 2. The minimum Gasteiger partial charge on any atom is -0.325 e. The van der Waals surface area contributed by atoms with Crippen molar-refractivity contribution in [1.29, 1.82) is 0 Å². The number of nitrogens with zero attached hydrogens (tertiary/aromatic N) is 2. The van der Waals surface area contributed by atoms with Gasteiger partial charge in [-0.2, -0.15) is 0 Å². The first kappa shape index (κ1) is 21.3. The van der Waals surface area contributed by atoms with E-state index in [0.29, 0.717) is 27.8 Å². The van der Waals surface area contributed by atoms with Gasteiger partial charge in [-0.3, -0.25) is 14.2 Å². The van der Waals surface area contributed by atoms with Crippen LogP contribution in [-0.4, -0.2) is 21.2 Å². The number of aromatic nitrogens is 2. The molecule has 2 heterocycles. The lowest BCUT2D eigenvalue weighted by molar-refractivity contribution is -0.113. The van der Waals surface area contributed by atoms with Gasteiger partial charge in [0.25, 0.3) is 5.56 Å². The highest BCUT2D eigenvalue weighted by atomic mass is 32.2. The second kappa shape index (κ2) is 9.49. The van der Waals surface area contributed by atoms with Gasteiger partial charge in [0.05, 0.1) is 17.8 Å². The van der Waals surface area contributed by atoms with Crippen molar-refractivity contribution in [2.45, 2.75) is 31.5 Å². The topological polar surface area (TPSA) is 64.0 Å². The van der Waals surface area contributed by atoms with Crippen molar-refractivity contribution >= 4 is 44.9 Å². The molecule has 0 unspecified atom stereocenters. The predicted octanol–water partition coefficient (Wildman–Crippen LogP) is 5.36. The Morgan fingerprint density at radius 3 is 2.71 bits per heavy atom. The second-order valence-electron chi connectivity index (χ2n) is 7.52. The van der Waals surface area contributed by atoms with Gasteiger partial charge in [-0.1, -0.05) is 68.1 Å². The highest BCUT2D eigenvalue weighted by Crippen LogP contribution is 2.23. The highest BCUT2D eigenvalue weighted by Gasteiger charge is 2.15. The number of nitrogens with one attached hydrogen (secondary N) is 1. The molecule has 0 aliphatic heterocycles. The third-order valence-corrected chi connectivity index (χ3v) is 6.75. The number of thiophene rings is 1. The monoisotopic (exact) mass is 449 g/mol. The highest BCUT2D eigenvalue weighted by molar-refractivity contribution is 7.99. The van der Waals surface area contributed by atoms with E-state index in [4.69, 9.17) is 0 Å². The Kier molecular flexibility index (Phi) is 6.53. The van der Waals surface area contributed by atoms with E-state index in [1.807, 2.05) is 60.0 Å². The van der Waals surface area contributed by atoms with Gasteiger partial charge in [0.1, 0.15) is 4.70 Å². The van der Waals surface area contributed by atoms with Gasteiger partial charge in [-0.15, -0.1) is 11.3 Å². The Balaban J connectivity index is 1.55. The van der Waals surface area contributed by atoms with Crippen molar-refractivity contribution in [3.05, 3.63) is 87.5 Å². The van der Waals surface area contributed by atoms with E-state index in [-0.39, 0.29) is 17.2 Å². The summed E-state index contributed by atoms with van der Waals surface area (Å²) < 4.78 is 2.29. The molecular formula is C24H23N3O2S2. The van der Waals surface area contributed by atoms with Gasteiger partial charge in [0.2, 0.25) is 5.91 Å². The van der Waals surface area contributed by atoms with E-state index in [9.17, 15) is 9.59 Å². The number of carbonyl (C=O) groups is 1. The molecule has 0 fully saturated rings. The summed E-state index contributed by atoms with van der Waals surface area (Å²) in [5.74, 6) is 0.431. The van der Waals surface area contributed by atoms with Gasteiger partial charge in [-0.05, 0) is 40.6 Å². The van der Waals surface area contributed by atoms with Gasteiger partial charge in [0, 0.05) is 5.69 Å². The first-order chi connectivity index (χ1) is 15.0. The van der Waals surface area contributed by atoms with Crippen LogP contribution in [0, 0.1) is 0 Å². The normalized spacial score (nSPS) is 11.2. The molecular weight excluding hydrogens is 426 g/mol. The zero-order chi connectivity index (χ0) is 21.8. The molecule has 4 rings (SSSR count). The molecule has 5 nitrogen and oxygen atoms in total. The molecule has 1 amide bonds. The second-order valence-corrected chi connectivity index (χ2v) is 9.38. The van der Waals surface area contributed by atoms with Crippen molar-refractivity contribution in [2.75, 3.05) is 11.1 Å². The number of carbonyl (C=O) groups excluding carboxylic acids is 1. The van der Waals surface area contributed by atoms with Gasteiger partial charge in [0.15, 0.2) is 5.16 Å². The Labute approximate surface area is 189 Å². The van der Waals surface area contributed by atoms with E-state index in [1.165, 1.54) is 28.7 Å². The Bertz CT molecular complexity index is 1260. The van der Waals surface area contributed by atoms with Crippen LogP contribution >= 0.6 is 23.1 Å². The van der Waals surface area contributed by atoms with Crippen LogP contribution in [-0.2, 0) is 11.3 Å². The average molecular weight is 450 g/mol. The molecule has 31 heavy (non-hydrogen) atoms. The van der Waals surface area contributed by atoms with Crippen LogP contribution in [0.3, 0.4) is 0 Å². The lowest BCUT2D eigenvalue weighted by atomic mass is 10.0. The molecule has 0 saturated heterocycles. The standard InChI is InChI=1S/C24H23N3O2S2/c1-16(2)18-9-6-10-19(13-18)25-21(28)15-31-24-26-20-11-12-30-22(20)23(29)27(24)14-17-7-4-3-5-8-17/h3-13,16H,14-15H2,1-2H3,(H,25,28). The first-order valence-corrected chi connectivity index (χ1v) is 11.9. The van der Waals surface area contributed by atoms with Crippen LogP contribution in [0.15, 0.2) is 76.0 Å². The molecule has 0 saturated carbocycles.